The van der Waals surface area contributed by atoms with E-state index >= 15 is 0 Å². The van der Waals surface area contributed by atoms with Crippen molar-refractivity contribution in [3.63, 3.8) is 0 Å². The first kappa shape index (κ1) is 26.5. The van der Waals surface area contributed by atoms with Crippen LogP contribution in [-0.4, -0.2) is 52.5 Å². The maximum absolute atomic E-state index is 13.4. The van der Waals surface area contributed by atoms with Gasteiger partial charge in [0.2, 0.25) is 5.88 Å². The van der Waals surface area contributed by atoms with Crippen molar-refractivity contribution in [1.29, 1.82) is 0 Å². The second-order valence-electron chi connectivity index (χ2n) is 7.28. The van der Waals surface area contributed by atoms with Gasteiger partial charge in [0.1, 0.15) is 0 Å². The molecule has 0 aliphatic heterocycles. The zero-order valence-electron chi connectivity index (χ0n) is 18.4. The molecular weight excluding hydrogens is 496 g/mol. The van der Waals surface area contributed by atoms with Crippen LogP contribution in [0.2, 0.25) is 0 Å². The number of ether oxygens (including phenoxy) is 1. The Balaban J connectivity index is 1.52. The summed E-state index contributed by atoms with van der Waals surface area (Å²) in [7, 11) is 0. The number of nitrogens with zero attached hydrogens (tertiary/aromatic N) is 3. The molecule has 3 rings (SSSR count). The summed E-state index contributed by atoms with van der Waals surface area (Å²) in [4.78, 5) is 28.3. The van der Waals surface area contributed by atoms with Gasteiger partial charge in [-0.25, -0.2) is 9.67 Å². The van der Waals surface area contributed by atoms with Crippen molar-refractivity contribution in [2.24, 2.45) is 0 Å². The van der Waals surface area contributed by atoms with Crippen LogP contribution >= 0.6 is 0 Å². The third-order valence-electron chi connectivity index (χ3n) is 4.58. The highest BCUT2D eigenvalue weighted by molar-refractivity contribution is 5.96. The van der Waals surface area contributed by atoms with Crippen molar-refractivity contribution in [3.05, 3.63) is 71.7 Å². The van der Waals surface area contributed by atoms with E-state index in [4.69, 9.17) is 4.74 Å². The summed E-state index contributed by atoms with van der Waals surface area (Å²) in [6.45, 7) is -0.935. The molecule has 1 aromatic carbocycles. The van der Waals surface area contributed by atoms with E-state index in [0.29, 0.717) is 5.69 Å². The number of alkyl halides is 6. The van der Waals surface area contributed by atoms with E-state index in [0.717, 1.165) is 17.1 Å². The van der Waals surface area contributed by atoms with E-state index < -0.39 is 48.5 Å². The summed E-state index contributed by atoms with van der Waals surface area (Å²) in [6, 6.07) is 10.4. The van der Waals surface area contributed by atoms with Crippen LogP contribution in [0.5, 0.6) is 5.88 Å². The summed E-state index contributed by atoms with van der Waals surface area (Å²) >= 11 is 0. The third kappa shape index (κ3) is 7.45. The van der Waals surface area contributed by atoms with Gasteiger partial charge in [0.25, 0.3) is 11.8 Å². The van der Waals surface area contributed by atoms with Gasteiger partial charge in [-0.2, -0.15) is 31.4 Å². The van der Waals surface area contributed by atoms with Crippen LogP contribution in [0.4, 0.5) is 26.3 Å². The normalized spacial score (nSPS) is 11.7. The SMILES string of the molecule is O=C(NCCNC(=O)c1cn(-c2ccccc2)nc1C(F)(F)F)c1ccc(OCCC(F)(F)F)nc1. The van der Waals surface area contributed by atoms with Crippen molar-refractivity contribution in [2.45, 2.75) is 18.8 Å². The Morgan fingerprint density at radius 3 is 2.17 bits per heavy atom. The first-order valence-corrected chi connectivity index (χ1v) is 10.4. The smallest absolute Gasteiger partial charge is 0.435 e. The van der Waals surface area contributed by atoms with Crippen LogP contribution in [0.25, 0.3) is 5.69 Å². The van der Waals surface area contributed by atoms with E-state index in [1.54, 1.807) is 18.2 Å². The van der Waals surface area contributed by atoms with Crippen LogP contribution < -0.4 is 15.4 Å². The van der Waals surface area contributed by atoms with Gasteiger partial charge in [0.05, 0.1) is 29.8 Å². The molecule has 2 amide bonds. The van der Waals surface area contributed by atoms with Crippen molar-refractivity contribution in [3.8, 4) is 11.6 Å². The van der Waals surface area contributed by atoms with Gasteiger partial charge in [-0.1, -0.05) is 18.2 Å². The number of hydrogen-bond acceptors (Lipinski definition) is 5. The van der Waals surface area contributed by atoms with E-state index in [-0.39, 0.29) is 24.5 Å². The quantitative estimate of drug-likeness (QED) is 0.334. The Hall–Kier alpha value is -4.10. The second kappa shape index (κ2) is 11.1. The Morgan fingerprint density at radius 1 is 0.917 bits per heavy atom. The zero-order chi connectivity index (χ0) is 26.3. The van der Waals surface area contributed by atoms with Gasteiger partial charge in [-0.05, 0) is 18.2 Å². The molecule has 0 spiro atoms. The molecule has 14 heteroatoms. The average molecular weight is 515 g/mol. The molecule has 0 saturated heterocycles. The van der Waals surface area contributed by atoms with Gasteiger partial charge >= 0.3 is 12.4 Å². The zero-order valence-corrected chi connectivity index (χ0v) is 18.4. The number of aromatic nitrogens is 3. The minimum Gasteiger partial charge on any atom is -0.477 e. The number of pyridine rings is 1. The standard InChI is InChI=1S/C22H19F6N5O3/c23-21(24,25)8-11-36-17-7-6-14(12-31-17)19(34)29-9-10-30-20(35)16-13-33(15-4-2-1-3-5-15)32-18(16)22(26,27)28/h1-7,12-13H,8-11H2,(H,29,34)(H,30,35). The number of carbonyl (C=O) groups is 2. The van der Waals surface area contributed by atoms with Crippen LogP contribution in [0.15, 0.2) is 54.9 Å². The maximum Gasteiger partial charge on any atom is 0.435 e. The van der Waals surface area contributed by atoms with Crippen LogP contribution in [0.1, 0.15) is 32.8 Å². The summed E-state index contributed by atoms with van der Waals surface area (Å²) < 4.78 is 82.4. The molecule has 0 radical (unpaired) electrons. The largest absolute Gasteiger partial charge is 0.477 e. The van der Waals surface area contributed by atoms with Crippen LogP contribution in [-0.2, 0) is 6.18 Å². The van der Waals surface area contributed by atoms with E-state index in [1.807, 2.05) is 0 Å². The molecule has 8 nitrogen and oxygen atoms in total. The van der Waals surface area contributed by atoms with E-state index in [9.17, 15) is 35.9 Å². The van der Waals surface area contributed by atoms with Crippen molar-refractivity contribution in [2.75, 3.05) is 19.7 Å². The Morgan fingerprint density at radius 2 is 1.58 bits per heavy atom. The van der Waals surface area contributed by atoms with Crippen molar-refractivity contribution < 1.29 is 40.7 Å². The summed E-state index contributed by atoms with van der Waals surface area (Å²) in [6.07, 6.45) is -8.33. The summed E-state index contributed by atoms with van der Waals surface area (Å²) in [5.74, 6) is -1.74. The van der Waals surface area contributed by atoms with Gasteiger partial charge < -0.3 is 15.4 Å². The number of nitrogens with one attached hydrogen (secondary N) is 2. The lowest BCUT2D eigenvalue weighted by molar-refractivity contribution is -0.142. The van der Waals surface area contributed by atoms with Crippen LogP contribution in [0.3, 0.4) is 0 Å². The molecule has 36 heavy (non-hydrogen) atoms. The van der Waals surface area contributed by atoms with Gasteiger partial charge in [0.15, 0.2) is 5.69 Å². The molecule has 2 N–H and O–H groups in total. The molecule has 0 atom stereocenters. The number of rotatable bonds is 9. The van der Waals surface area contributed by atoms with E-state index in [1.165, 1.54) is 24.3 Å². The molecule has 192 valence electrons. The minimum absolute atomic E-state index is 0.0630. The fourth-order valence-corrected chi connectivity index (χ4v) is 2.88. The molecule has 0 aliphatic rings. The lowest BCUT2D eigenvalue weighted by Crippen LogP contribution is -2.35. The molecule has 0 unspecified atom stereocenters. The fourth-order valence-electron chi connectivity index (χ4n) is 2.88. The Kier molecular flexibility index (Phi) is 8.17. The Labute approximate surface area is 200 Å². The predicted octanol–water partition coefficient (Wildman–Crippen LogP) is 3.78. The number of carbonyl (C=O) groups excluding carboxylic acids is 2. The highest BCUT2D eigenvalue weighted by atomic mass is 19.4. The molecule has 0 aliphatic carbocycles. The second-order valence-corrected chi connectivity index (χ2v) is 7.28. The average Bonchev–Trinajstić information content (AvgIpc) is 3.28. The number of amides is 2. The fraction of sp³-hybridized carbons (Fsp3) is 0.273. The lowest BCUT2D eigenvalue weighted by atomic mass is 10.2. The number of hydrogen-bond donors (Lipinski definition) is 2. The third-order valence-corrected chi connectivity index (χ3v) is 4.58. The summed E-state index contributed by atoms with van der Waals surface area (Å²) in [5.41, 5.74) is -1.63. The molecule has 3 aromatic rings. The van der Waals surface area contributed by atoms with Gasteiger partial charge in [-0.15, -0.1) is 0 Å². The molecule has 2 aromatic heterocycles. The molecule has 0 saturated carbocycles. The number of para-hydroxylation sites is 1. The van der Waals surface area contributed by atoms with Gasteiger partial charge in [-0.3, -0.25) is 9.59 Å². The Bertz CT molecular complexity index is 1180. The molecule has 0 fully saturated rings. The van der Waals surface area contributed by atoms with Gasteiger partial charge in [0, 0.05) is 31.5 Å². The molecule has 0 bridgehead atoms. The first-order chi connectivity index (χ1) is 16.9. The lowest BCUT2D eigenvalue weighted by Gasteiger charge is -2.09. The topological polar surface area (TPSA) is 98.1 Å². The molecular formula is C22H19F6N5O3. The highest BCUT2D eigenvalue weighted by Gasteiger charge is 2.39. The predicted molar refractivity (Wildman–Crippen MR) is 114 cm³/mol. The number of benzene rings is 1. The first-order valence-electron chi connectivity index (χ1n) is 10.4. The minimum atomic E-state index is -4.86. The highest BCUT2D eigenvalue weighted by Crippen LogP contribution is 2.31. The van der Waals surface area contributed by atoms with Crippen molar-refractivity contribution >= 4 is 11.8 Å². The monoisotopic (exact) mass is 515 g/mol. The molecule has 2 heterocycles. The van der Waals surface area contributed by atoms with Crippen molar-refractivity contribution in [1.82, 2.24) is 25.4 Å². The van der Waals surface area contributed by atoms with E-state index in [2.05, 4.69) is 20.7 Å². The van der Waals surface area contributed by atoms with Crippen LogP contribution in [0, 0.1) is 0 Å². The summed E-state index contributed by atoms with van der Waals surface area (Å²) in [5, 5.41) is 8.23. The maximum atomic E-state index is 13.4. The number of halogens is 6.